The number of hydrogen-bond acceptors (Lipinski definition) is 4. The first-order chi connectivity index (χ1) is 28.0. The third kappa shape index (κ3) is 49.6. The van der Waals surface area contributed by atoms with E-state index in [2.05, 4.69) is 6.92 Å². The molecule has 0 spiro atoms. The van der Waals surface area contributed by atoms with Crippen molar-refractivity contribution < 1.29 is 25.2 Å². The van der Waals surface area contributed by atoms with Gasteiger partial charge in [-0.15, -0.1) is 0 Å². The van der Waals surface area contributed by atoms with Crippen molar-refractivity contribution in [3.05, 3.63) is 0 Å². The lowest BCUT2D eigenvalue weighted by atomic mass is 10.00. The number of hydrogen-bond donors (Lipinski definition) is 4. The lowest BCUT2D eigenvalue weighted by molar-refractivity contribution is -0.137. The highest BCUT2D eigenvalue weighted by Crippen LogP contribution is 2.19. The average molecular weight is 809 g/mol. The summed E-state index contributed by atoms with van der Waals surface area (Å²) in [7, 11) is 0. The summed E-state index contributed by atoms with van der Waals surface area (Å²) in [5, 5.41) is 37.3. The van der Waals surface area contributed by atoms with Gasteiger partial charge in [-0.2, -0.15) is 0 Å². The molecular weight excluding hydrogens is 705 g/mol. The van der Waals surface area contributed by atoms with E-state index in [1.165, 1.54) is 244 Å². The van der Waals surface area contributed by atoms with E-state index in [1.807, 2.05) is 0 Å². The molecule has 0 aromatic heterocycles. The molecule has 3 aliphatic carbocycles. The lowest BCUT2D eigenvalue weighted by Crippen LogP contribution is -2.06. The van der Waals surface area contributed by atoms with Crippen LogP contribution in [-0.2, 0) is 4.79 Å². The third-order valence-electron chi connectivity index (χ3n) is 12.7. The summed E-state index contributed by atoms with van der Waals surface area (Å²) >= 11 is 0. The van der Waals surface area contributed by atoms with Gasteiger partial charge in [-0.1, -0.05) is 257 Å². The van der Waals surface area contributed by atoms with Crippen LogP contribution in [0.3, 0.4) is 0 Å². The number of aliphatic hydroxyl groups is 3. The Morgan fingerprint density at radius 1 is 0.316 bits per heavy atom. The summed E-state index contributed by atoms with van der Waals surface area (Å²) in [5.41, 5.74) is 0. The Morgan fingerprint density at radius 2 is 0.491 bits per heavy atom. The maximum atomic E-state index is 10.3. The zero-order chi connectivity index (χ0) is 41.5. The average Bonchev–Trinajstić information content (AvgIpc) is 3.18. The smallest absolute Gasteiger partial charge is 0.303 e. The summed E-state index contributed by atoms with van der Waals surface area (Å²) in [5.74, 6) is -0.655. The molecule has 0 aliphatic heterocycles. The zero-order valence-corrected chi connectivity index (χ0v) is 38.7. The van der Waals surface area contributed by atoms with E-state index >= 15 is 0 Å². The normalized spacial score (nSPS) is 20.3. The van der Waals surface area contributed by atoms with Crippen LogP contribution in [0.4, 0.5) is 0 Å². The highest BCUT2D eigenvalue weighted by molar-refractivity contribution is 5.66. The molecule has 0 heterocycles. The minimum absolute atomic E-state index is 0.000531. The minimum atomic E-state index is -0.655. The van der Waals surface area contributed by atoms with Crippen LogP contribution in [0.15, 0.2) is 0 Å². The van der Waals surface area contributed by atoms with Gasteiger partial charge in [0, 0.05) is 6.42 Å². The second-order valence-electron chi connectivity index (χ2n) is 18.6. The van der Waals surface area contributed by atoms with E-state index in [-0.39, 0.29) is 18.3 Å². The largest absolute Gasteiger partial charge is 0.481 e. The van der Waals surface area contributed by atoms with Crippen LogP contribution >= 0.6 is 0 Å². The Bertz CT molecular complexity index is 656. The van der Waals surface area contributed by atoms with Gasteiger partial charge in [0.15, 0.2) is 0 Å². The summed E-state index contributed by atoms with van der Waals surface area (Å²) in [4.78, 5) is 10.3. The molecular formula is C52H104O5. The van der Waals surface area contributed by atoms with E-state index in [4.69, 9.17) is 5.11 Å². The van der Waals surface area contributed by atoms with E-state index in [1.54, 1.807) is 0 Å². The second-order valence-corrected chi connectivity index (χ2v) is 18.6. The van der Waals surface area contributed by atoms with Crippen molar-refractivity contribution in [3.8, 4) is 0 Å². The summed E-state index contributed by atoms with van der Waals surface area (Å²) < 4.78 is 0. The van der Waals surface area contributed by atoms with Crippen LogP contribution in [-0.4, -0.2) is 44.7 Å². The number of aliphatic hydroxyl groups excluding tert-OH is 3. The number of rotatable bonds is 14. The van der Waals surface area contributed by atoms with Crippen LogP contribution in [0.2, 0.25) is 0 Å². The Kier molecular flexibility index (Phi) is 47.5. The van der Waals surface area contributed by atoms with Crippen LogP contribution in [0, 0.1) is 0 Å². The van der Waals surface area contributed by atoms with Gasteiger partial charge in [0.25, 0.3) is 0 Å². The van der Waals surface area contributed by atoms with Crippen LogP contribution in [0.5, 0.6) is 0 Å². The quantitative estimate of drug-likeness (QED) is 0.131. The Hall–Kier alpha value is -0.650. The molecule has 3 saturated carbocycles. The molecule has 0 unspecified atom stereocenters. The first-order valence-corrected chi connectivity index (χ1v) is 26.2. The molecule has 342 valence electrons. The fourth-order valence-electron chi connectivity index (χ4n) is 8.72. The van der Waals surface area contributed by atoms with Crippen molar-refractivity contribution in [3.63, 3.8) is 0 Å². The van der Waals surface area contributed by atoms with Crippen molar-refractivity contribution in [2.24, 2.45) is 0 Å². The van der Waals surface area contributed by atoms with E-state index < -0.39 is 5.97 Å². The van der Waals surface area contributed by atoms with E-state index in [0.29, 0.717) is 6.42 Å². The molecule has 0 aromatic rings. The molecule has 0 atom stereocenters. The molecule has 4 N–H and O–H groups in total. The maximum absolute atomic E-state index is 10.3. The predicted molar refractivity (Wildman–Crippen MR) is 248 cm³/mol. The van der Waals surface area contributed by atoms with Gasteiger partial charge in [0.05, 0.1) is 18.3 Å². The first kappa shape index (κ1) is 56.4. The Labute approximate surface area is 357 Å². The van der Waals surface area contributed by atoms with E-state index in [9.17, 15) is 20.1 Å². The van der Waals surface area contributed by atoms with Crippen molar-refractivity contribution >= 4 is 5.97 Å². The SMILES string of the molecule is CCCCCCCCCCCCCCCC(=O)O.OC1CCCCCCCCCCC1.OC1CCCCCCCCCCC1.OC1CCCCCCCCCCC1. The summed E-state index contributed by atoms with van der Waals surface area (Å²) in [6.45, 7) is 2.26. The first-order valence-electron chi connectivity index (χ1n) is 26.2. The van der Waals surface area contributed by atoms with Crippen molar-refractivity contribution in [1.29, 1.82) is 0 Å². The number of carbonyl (C=O) groups is 1. The third-order valence-corrected chi connectivity index (χ3v) is 12.7. The summed E-state index contributed by atoms with van der Waals surface area (Å²) in [6, 6.07) is 0. The number of unbranched alkanes of at least 4 members (excludes halogenated alkanes) is 12. The van der Waals surface area contributed by atoms with Gasteiger partial charge in [0.2, 0.25) is 0 Å². The monoisotopic (exact) mass is 809 g/mol. The highest BCUT2D eigenvalue weighted by Gasteiger charge is 2.07. The minimum Gasteiger partial charge on any atom is -0.481 e. The topological polar surface area (TPSA) is 98.0 Å². The van der Waals surface area contributed by atoms with Gasteiger partial charge < -0.3 is 20.4 Å². The Morgan fingerprint density at radius 3 is 0.684 bits per heavy atom. The highest BCUT2D eigenvalue weighted by atomic mass is 16.4. The number of carboxylic acids is 1. The standard InChI is InChI=1S/C16H32O2.3C12H24O/c1-2-3-4-5-6-7-8-9-10-11-12-13-14-15-16(17)18;3*13-12-10-8-6-4-2-1-3-5-7-9-11-12/h2-15H2,1H3,(H,17,18);3*12-13H,1-11H2. The molecule has 0 radical (unpaired) electrons. The Balaban J connectivity index is 0.000000740. The molecule has 3 fully saturated rings. The molecule has 3 rings (SSSR count). The predicted octanol–water partition coefficient (Wildman–Crippen LogP) is 16.5. The van der Waals surface area contributed by atoms with Gasteiger partial charge in [-0.05, 0) is 44.9 Å². The molecule has 0 bridgehead atoms. The van der Waals surface area contributed by atoms with Crippen LogP contribution in [0.25, 0.3) is 0 Å². The number of aliphatic carboxylic acids is 1. The van der Waals surface area contributed by atoms with E-state index in [0.717, 1.165) is 51.4 Å². The molecule has 5 heteroatoms. The molecule has 0 amide bonds. The fourth-order valence-corrected chi connectivity index (χ4v) is 8.72. The van der Waals surface area contributed by atoms with Gasteiger partial charge >= 0.3 is 5.97 Å². The molecule has 0 saturated heterocycles. The molecule has 0 aromatic carbocycles. The lowest BCUT2D eigenvalue weighted by Gasteiger charge is -2.11. The van der Waals surface area contributed by atoms with Gasteiger partial charge in [0.1, 0.15) is 0 Å². The molecule has 5 nitrogen and oxygen atoms in total. The zero-order valence-electron chi connectivity index (χ0n) is 38.7. The van der Waals surface area contributed by atoms with Crippen molar-refractivity contribution in [2.45, 2.75) is 327 Å². The van der Waals surface area contributed by atoms with Gasteiger partial charge in [-0.3, -0.25) is 4.79 Å². The van der Waals surface area contributed by atoms with Crippen molar-refractivity contribution in [1.82, 2.24) is 0 Å². The second kappa shape index (κ2) is 48.0. The maximum Gasteiger partial charge on any atom is 0.303 e. The van der Waals surface area contributed by atoms with Crippen LogP contribution < -0.4 is 0 Å². The molecule has 57 heavy (non-hydrogen) atoms. The van der Waals surface area contributed by atoms with Crippen LogP contribution in [0.1, 0.15) is 309 Å². The molecule has 3 aliphatic rings. The summed E-state index contributed by atoms with van der Waals surface area (Å²) in [6.07, 6.45) is 60.0. The van der Waals surface area contributed by atoms with Crippen molar-refractivity contribution in [2.75, 3.05) is 0 Å². The number of carboxylic acid groups (broad SMARTS) is 1. The fraction of sp³-hybridized carbons (Fsp3) is 0.981. The van der Waals surface area contributed by atoms with Gasteiger partial charge in [-0.25, -0.2) is 0 Å².